The van der Waals surface area contributed by atoms with Gasteiger partial charge in [-0.1, -0.05) is 12.8 Å². The molecule has 121 heavy (non-hydrogen) atoms. The summed E-state index contributed by atoms with van der Waals surface area (Å²) < 4.78 is 43.6. The van der Waals surface area contributed by atoms with E-state index in [1.807, 2.05) is 0 Å². The molecule has 7 heterocycles. The first kappa shape index (κ1) is 93.1. The fourth-order valence-electron chi connectivity index (χ4n) is 11.6. The summed E-state index contributed by atoms with van der Waals surface area (Å²) in [5, 5.41) is 40.8. The Hall–Kier alpha value is -13.4. The lowest BCUT2D eigenvalue weighted by Crippen LogP contribution is -2.33. The molecule has 0 atom stereocenters. The van der Waals surface area contributed by atoms with Gasteiger partial charge < -0.3 is 124 Å². The van der Waals surface area contributed by atoms with Gasteiger partial charge in [0.05, 0.1) is 83.1 Å². The number of amides is 13. The van der Waals surface area contributed by atoms with Crippen LogP contribution in [0.5, 0.6) is 5.75 Å². The Kier molecular flexibility index (Phi) is 37.3. The van der Waals surface area contributed by atoms with Gasteiger partial charge in [0.25, 0.3) is 41.4 Å². The Morgan fingerprint density at radius 3 is 1.18 bits per heavy atom. The average molecular weight is 1690 g/mol. The van der Waals surface area contributed by atoms with Crippen molar-refractivity contribution in [3.8, 4) is 5.75 Å². The summed E-state index contributed by atoms with van der Waals surface area (Å²) in [4.78, 5) is 183. The SMILES string of the molecule is Cn1cc(NC(=O)c2nc(NC(=O)CCNC(=O)c3cc(NC(=O)c4nccn4C)cn3C)cn2C)cc1C(=O)NCCCC(=O)Nc1cn(C)c(C(=O)NCCC(=O)Nc2cc(C(=O)Nc3cn(C)c(C(=O)NCCC(=O)NCCOCCOCCOCCOCCOCCOc4ccc(NC(=O)CCCCCCC(=O)NO)cc4)n3)n(C)c2)n1. The smallest absolute Gasteiger partial charge is 0.291 e. The molecular formula is C77H104N24O20. The molecule has 7 aromatic heterocycles. The number of unbranched alkanes of at least 4 members (excludes halogenated alkanes) is 3. The fourth-order valence-corrected chi connectivity index (χ4v) is 11.6. The van der Waals surface area contributed by atoms with Crippen molar-refractivity contribution in [3.63, 3.8) is 0 Å². The van der Waals surface area contributed by atoms with E-state index in [1.165, 1.54) is 82.8 Å². The van der Waals surface area contributed by atoms with Crippen LogP contribution >= 0.6 is 0 Å². The summed E-state index contributed by atoms with van der Waals surface area (Å²) in [6.07, 6.45) is 15.5. The van der Waals surface area contributed by atoms with Crippen LogP contribution in [0.3, 0.4) is 0 Å². The fraction of sp³-hybridized carbons (Fsp3) is 0.442. The minimum atomic E-state index is -0.641. The summed E-state index contributed by atoms with van der Waals surface area (Å²) >= 11 is 0. The molecule has 0 aliphatic carbocycles. The van der Waals surface area contributed by atoms with Gasteiger partial charge in [-0.25, -0.2) is 25.4 Å². The molecule has 0 bridgehead atoms. The molecule has 0 spiro atoms. The van der Waals surface area contributed by atoms with Crippen LogP contribution in [-0.4, -0.2) is 239 Å². The number of carbonyl (C=O) groups is 13. The van der Waals surface area contributed by atoms with Crippen molar-refractivity contribution in [2.24, 2.45) is 49.3 Å². The molecule has 8 aromatic rings. The molecule has 0 saturated heterocycles. The molecule has 14 N–H and O–H groups in total. The van der Waals surface area contributed by atoms with E-state index in [0.717, 1.165) is 12.8 Å². The minimum Gasteiger partial charge on any atom is -0.491 e. The van der Waals surface area contributed by atoms with Crippen LogP contribution < -0.4 is 74.0 Å². The van der Waals surface area contributed by atoms with Crippen LogP contribution in [0.15, 0.2) is 92.0 Å². The van der Waals surface area contributed by atoms with Gasteiger partial charge in [-0.2, -0.15) is 0 Å². The van der Waals surface area contributed by atoms with Gasteiger partial charge in [-0.15, -0.1) is 0 Å². The molecule has 0 aliphatic heterocycles. The molecule has 44 nitrogen and oxygen atoms in total. The number of anilines is 7. The van der Waals surface area contributed by atoms with Crippen LogP contribution in [0.4, 0.5) is 40.2 Å². The summed E-state index contributed by atoms with van der Waals surface area (Å²) in [6.45, 7) is 4.05. The van der Waals surface area contributed by atoms with Crippen molar-refractivity contribution in [2.75, 3.05) is 143 Å². The van der Waals surface area contributed by atoms with Gasteiger partial charge in [0, 0.05) is 176 Å². The molecule has 0 saturated carbocycles. The van der Waals surface area contributed by atoms with Crippen LogP contribution in [0.1, 0.15) is 145 Å². The number of rotatable bonds is 53. The molecule has 0 unspecified atom stereocenters. The molecular weight excluding hydrogens is 1580 g/mol. The van der Waals surface area contributed by atoms with E-state index >= 15 is 0 Å². The standard InChI is InChI=1S/C77H104N24O20/c1-95-29-27-79-67(95)76(113)86-52-42-56(97(3)45-52)72(109)81-25-22-65(106)89-59-48-101(7)70(91-59)77(114)87-53-43-55(96(2)46-53)71(108)80-23-12-15-63(104)88-58-47-99(5)68(90-58)74(111)83-26-21-64(105)85-51-41-57(98(4)44-51)73(110)93-60-49-100(6)69(92-60)75(112)82-24-20-61(102)78-28-30-116-31-32-117-33-34-118-35-36-119-37-38-120-39-40-121-54-18-16-50(17-19-54)84-62(103)13-10-8-9-11-14-66(107)94-115/h16-19,27,29,41-49,115H,8-15,20-26,28,30-40H2,1-7H3,(H,78,102)(H,80,108)(H,81,109)(H,82,112)(H,83,111)(H,84,103)(H,85,105)(H,86,113)(H,87,114)(H,88,104)(H,89,106)(H,93,110)(H,94,107). The first-order valence-electron chi connectivity index (χ1n) is 38.8. The molecule has 44 heteroatoms. The number of nitrogens with one attached hydrogen (secondary N) is 13. The number of ether oxygens (including phenoxy) is 6. The van der Waals surface area contributed by atoms with Gasteiger partial charge in [0.2, 0.25) is 52.9 Å². The molecule has 0 radical (unpaired) electrons. The second-order valence-corrected chi connectivity index (χ2v) is 27.4. The Balaban J connectivity index is 0.602. The highest BCUT2D eigenvalue weighted by molar-refractivity contribution is 6.06. The van der Waals surface area contributed by atoms with Gasteiger partial charge in [-0.05, 0) is 61.7 Å². The maximum absolute atomic E-state index is 13.4. The molecule has 652 valence electrons. The third-order valence-corrected chi connectivity index (χ3v) is 17.7. The monoisotopic (exact) mass is 1680 g/mol. The molecule has 13 amide bonds. The maximum Gasteiger partial charge on any atom is 0.291 e. The molecule has 1 aromatic carbocycles. The third kappa shape index (κ3) is 31.4. The van der Waals surface area contributed by atoms with Crippen molar-refractivity contribution in [1.29, 1.82) is 0 Å². The van der Waals surface area contributed by atoms with E-state index in [4.69, 9.17) is 33.6 Å². The highest BCUT2D eigenvalue weighted by atomic mass is 16.6. The number of hydrogen-bond acceptors (Lipinski definition) is 24. The van der Waals surface area contributed by atoms with Crippen molar-refractivity contribution in [3.05, 3.63) is 132 Å². The van der Waals surface area contributed by atoms with E-state index in [-0.39, 0.29) is 159 Å². The molecule has 8 rings (SSSR count). The second kappa shape index (κ2) is 48.5. The molecule has 0 aliphatic rings. The first-order chi connectivity index (χ1) is 58.2. The zero-order chi connectivity index (χ0) is 87.2. The Morgan fingerprint density at radius 1 is 0.314 bits per heavy atom. The summed E-state index contributed by atoms with van der Waals surface area (Å²) in [6, 6.07) is 11.4. The number of benzene rings is 1. The lowest BCUT2D eigenvalue weighted by Gasteiger charge is -2.10. The van der Waals surface area contributed by atoms with E-state index in [1.54, 1.807) is 96.0 Å². The lowest BCUT2D eigenvalue weighted by molar-refractivity contribution is -0.129. The minimum absolute atomic E-state index is 0.00258. The Bertz CT molecular complexity index is 4860. The zero-order valence-corrected chi connectivity index (χ0v) is 68.4. The summed E-state index contributed by atoms with van der Waals surface area (Å²) in [5.41, 5.74) is 3.76. The van der Waals surface area contributed by atoms with Crippen LogP contribution in [0, 0.1) is 0 Å². The number of hydrogen-bond donors (Lipinski definition) is 14. The maximum atomic E-state index is 13.4. The predicted molar refractivity (Wildman–Crippen MR) is 437 cm³/mol. The highest BCUT2D eigenvalue weighted by Gasteiger charge is 2.24. The van der Waals surface area contributed by atoms with Crippen LogP contribution in [0.2, 0.25) is 0 Å². The summed E-state index contributed by atoms with van der Waals surface area (Å²) in [7, 11) is 11.2. The number of hydroxylamine groups is 1. The first-order valence-corrected chi connectivity index (χ1v) is 38.8. The van der Waals surface area contributed by atoms with Crippen molar-refractivity contribution >= 4 is 117 Å². The van der Waals surface area contributed by atoms with E-state index in [9.17, 15) is 62.3 Å². The van der Waals surface area contributed by atoms with E-state index in [2.05, 4.69) is 83.7 Å². The van der Waals surface area contributed by atoms with Crippen molar-refractivity contribution in [1.82, 2.24) is 84.0 Å². The Morgan fingerprint density at radius 2 is 0.694 bits per heavy atom. The lowest BCUT2D eigenvalue weighted by atomic mass is 10.1. The van der Waals surface area contributed by atoms with Gasteiger partial charge in [0.1, 0.15) is 29.4 Å². The molecule has 0 fully saturated rings. The predicted octanol–water partition coefficient (Wildman–Crippen LogP) is 2.24. The van der Waals surface area contributed by atoms with E-state index in [0.29, 0.717) is 102 Å². The third-order valence-electron chi connectivity index (χ3n) is 17.7. The zero-order valence-electron chi connectivity index (χ0n) is 68.4. The summed E-state index contributed by atoms with van der Waals surface area (Å²) in [5.74, 6) is -5.22. The van der Waals surface area contributed by atoms with Gasteiger partial charge >= 0.3 is 0 Å². The normalized spacial score (nSPS) is 11.0. The largest absolute Gasteiger partial charge is 0.491 e. The van der Waals surface area contributed by atoms with Crippen LogP contribution in [-0.2, 0) is 102 Å². The van der Waals surface area contributed by atoms with Gasteiger partial charge in [0.15, 0.2) is 23.3 Å². The Labute approximate surface area is 694 Å². The number of aryl methyl sites for hydroxylation is 7. The number of carbonyl (C=O) groups excluding carboxylic acids is 13. The number of nitrogens with zero attached hydrogens (tertiary/aromatic N) is 11. The topological polar surface area (TPSA) is 540 Å². The van der Waals surface area contributed by atoms with Crippen LogP contribution in [0.25, 0.3) is 0 Å². The second-order valence-electron chi connectivity index (χ2n) is 27.4. The van der Waals surface area contributed by atoms with Gasteiger partial charge in [-0.3, -0.25) is 67.5 Å². The average Bonchev–Trinajstić information content (AvgIpc) is 1.67. The van der Waals surface area contributed by atoms with E-state index < -0.39 is 65.0 Å². The quantitative estimate of drug-likeness (QED) is 0.0148. The number of imidazole rings is 4. The number of aromatic nitrogens is 11. The van der Waals surface area contributed by atoms with Crippen molar-refractivity contribution < 1.29 is 96.0 Å². The highest BCUT2D eigenvalue weighted by Crippen LogP contribution is 2.21. The van der Waals surface area contributed by atoms with Crippen molar-refractivity contribution in [2.45, 2.75) is 70.6 Å².